The van der Waals surface area contributed by atoms with E-state index in [9.17, 15) is 9.59 Å². The van der Waals surface area contributed by atoms with Crippen LogP contribution in [0.2, 0.25) is 0 Å². The van der Waals surface area contributed by atoms with E-state index in [0.29, 0.717) is 29.2 Å². The molecule has 0 aliphatic heterocycles. The topological polar surface area (TPSA) is 83.6 Å². The zero-order valence-corrected chi connectivity index (χ0v) is 16.3. The van der Waals surface area contributed by atoms with Gasteiger partial charge in [0, 0.05) is 24.5 Å². The minimum Gasteiger partial charge on any atom is -0.495 e. The Bertz CT molecular complexity index is 975. The number of ether oxygens (including phenoxy) is 1. The molecule has 0 fully saturated rings. The summed E-state index contributed by atoms with van der Waals surface area (Å²) in [6.45, 7) is 0.395. The number of pyridine rings is 1. The molecule has 3 aromatic rings. The van der Waals surface area contributed by atoms with E-state index in [1.807, 2.05) is 30.3 Å². The summed E-state index contributed by atoms with van der Waals surface area (Å²) in [5.41, 5.74) is 2.45. The number of amides is 3. The van der Waals surface area contributed by atoms with Crippen LogP contribution in [-0.4, -0.2) is 36.0 Å². The number of para-hydroxylation sites is 2. The van der Waals surface area contributed by atoms with Gasteiger partial charge in [-0.1, -0.05) is 18.2 Å². The van der Waals surface area contributed by atoms with Crippen LogP contribution in [0.4, 0.5) is 16.2 Å². The second-order valence-electron chi connectivity index (χ2n) is 6.34. The third-order valence-electron chi connectivity index (χ3n) is 4.23. The van der Waals surface area contributed by atoms with Crippen LogP contribution in [0.15, 0.2) is 72.9 Å². The van der Waals surface area contributed by atoms with Crippen molar-refractivity contribution in [3.8, 4) is 5.75 Å². The molecule has 0 saturated carbocycles. The lowest BCUT2D eigenvalue weighted by molar-refractivity contribution is 0.102. The largest absolute Gasteiger partial charge is 0.495 e. The van der Waals surface area contributed by atoms with Crippen LogP contribution >= 0.6 is 0 Å². The Labute approximate surface area is 169 Å². The van der Waals surface area contributed by atoms with Crippen molar-refractivity contribution in [2.24, 2.45) is 0 Å². The number of nitrogens with one attached hydrogen (secondary N) is 2. The first kappa shape index (κ1) is 19.9. The molecule has 0 unspecified atom stereocenters. The molecule has 0 saturated heterocycles. The van der Waals surface area contributed by atoms with Gasteiger partial charge in [-0.3, -0.25) is 9.78 Å². The molecule has 3 amide bonds. The number of urea groups is 1. The molecule has 0 aliphatic rings. The van der Waals surface area contributed by atoms with E-state index >= 15 is 0 Å². The first-order chi connectivity index (χ1) is 14.1. The Hall–Kier alpha value is -3.87. The molecular weight excluding hydrogens is 368 g/mol. The van der Waals surface area contributed by atoms with Gasteiger partial charge in [0.2, 0.25) is 0 Å². The lowest BCUT2D eigenvalue weighted by Crippen LogP contribution is -2.31. The quantitative estimate of drug-likeness (QED) is 0.666. The highest BCUT2D eigenvalue weighted by atomic mass is 16.5. The molecule has 0 aliphatic carbocycles. The van der Waals surface area contributed by atoms with Crippen molar-refractivity contribution in [1.29, 1.82) is 0 Å². The highest BCUT2D eigenvalue weighted by Crippen LogP contribution is 2.23. The number of carbonyl (C=O) groups excluding carboxylic acids is 2. The molecule has 0 radical (unpaired) electrons. The van der Waals surface area contributed by atoms with Crippen LogP contribution in [0.5, 0.6) is 5.75 Å². The third kappa shape index (κ3) is 5.32. The van der Waals surface area contributed by atoms with Gasteiger partial charge in [-0.15, -0.1) is 0 Å². The van der Waals surface area contributed by atoms with E-state index in [1.165, 1.54) is 4.90 Å². The molecule has 1 heterocycles. The molecule has 2 aromatic carbocycles. The second kappa shape index (κ2) is 9.36. The molecule has 2 N–H and O–H groups in total. The summed E-state index contributed by atoms with van der Waals surface area (Å²) in [6, 6.07) is 19.2. The monoisotopic (exact) mass is 390 g/mol. The van der Waals surface area contributed by atoms with Crippen LogP contribution in [-0.2, 0) is 6.54 Å². The molecular formula is C22H22N4O3. The number of rotatable bonds is 6. The number of methoxy groups -OCH3 is 1. The van der Waals surface area contributed by atoms with Crippen LogP contribution in [0.25, 0.3) is 0 Å². The average molecular weight is 390 g/mol. The number of anilines is 2. The maximum absolute atomic E-state index is 12.5. The second-order valence-corrected chi connectivity index (χ2v) is 6.34. The minimum absolute atomic E-state index is 0.262. The van der Waals surface area contributed by atoms with E-state index in [2.05, 4.69) is 15.6 Å². The summed E-state index contributed by atoms with van der Waals surface area (Å²) < 4.78 is 5.24. The average Bonchev–Trinajstić information content (AvgIpc) is 2.75. The molecule has 3 rings (SSSR count). The van der Waals surface area contributed by atoms with Crippen molar-refractivity contribution in [3.05, 3.63) is 84.2 Å². The highest BCUT2D eigenvalue weighted by Gasteiger charge is 2.12. The fourth-order valence-electron chi connectivity index (χ4n) is 2.67. The van der Waals surface area contributed by atoms with Crippen molar-refractivity contribution in [1.82, 2.24) is 9.88 Å². The van der Waals surface area contributed by atoms with Crippen molar-refractivity contribution in [3.63, 3.8) is 0 Å². The Morgan fingerprint density at radius 1 is 0.966 bits per heavy atom. The van der Waals surface area contributed by atoms with Crippen LogP contribution in [0, 0.1) is 0 Å². The van der Waals surface area contributed by atoms with Gasteiger partial charge in [-0.2, -0.15) is 0 Å². The first-order valence-corrected chi connectivity index (χ1v) is 9.03. The normalized spacial score (nSPS) is 10.1. The minimum atomic E-state index is -0.264. The van der Waals surface area contributed by atoms with E-state index in [0.717, 1.165) is 5.69 Å². The molecule has 0 spiro atoms. The maximum atomic E-state index is 12.5. The maximum Gasteiger partial charge on any atom is 0.321 e. The van der Waals surface area contributed by atoms with Gasteiger partial charge < -0.3 is 20.3 Å². The zero-order chi connectivity index (χ0) is 20.6. The summed E-state index contributed by atoms with van der Waals surface area (Å²) in [5, 5.41) is 5.62. The van der Waals surface area contributed by atoms with Gasteiger partial charge in [0.25, 0.3) is 5.91 Å². The van der Waals surface area contributed by atoms with Gasteiger partial charge in [0.15, 0.2) is 0 Å². The van der Waals surface area contributed by atoms with Crippen molar-refractivity contribution < 1.29 is 14.3 Å². The van der Waals surface area contributed by atoms with E-state index in [-0.39, 0.29) is 11.9 Å². The van der Waals surface area contributed by atoms with Gasteiger partial charge in [0.1, 0.15) is 5.75 Å². The van der Waals surface area contributed by atoms with Crippen molar-refractivity contribution in [2.45, 2.75) is 6.54 Å². The molecule has 7 heteroatoms. The lowest BCUT2D eigenvalue weighted by Gasteiger charge is -2.17. The van der Waals surface area contributed by atoms with Gasteiger partial charge in [-0.25, -0.2) is 4.79 Å². The predicted octanol–water partition coefficient (Wildman–Crippen LogP) is 4.01. The number of benzene rings is 2. The molecule has 148 valence electrons. The Kier molecular flexibility index (Phi) is 6.42. The summed E-state index contributed by atoms with van der Waals surface area (Å²) >= 11 is 0. The van der Waals surface area contributed by atoms with Crippen LogP contribution in [0.1, 0.15) is 16.1 Å². The number of hydrogen-bond acceptors (Lipinski definition) is 4. The lowest BCUT2D eigenvalue weighted by atomic mass is 10.2. The molecule has 0 bridgehead atoms. The van der Waals surface area contributed by atoms with Gasteiger partial charge >= 0.3 is 6.03 Å². The molecule has 1 aromatic heterocycles. The molecule has 7 nitrogen and oxygen atoms in total. The van der Waals surface area contributed by atoms with Gasteiger partial charge in [0.05, 0.1) is 25.0 Å². The zero-order valence-electron chi connectivity index (χ0n) is 16.3. The first-order valence-electron chi connectivity index (χ1n) is 9.03. The van der Waals surface area contributed by atoms with Crippen molar-refractivity contribution >= 4 is 23.3 Å². The Balaban J connectivity index is 1.59. The summed E-state index contributed by atoms with van der Waals surface area (Å²) in [6.07, 6.45) is 1.69. The molecule has 0 atom stereocenters. The van der Waals surface area contributed by atoms with Crippen LogP contribution < -0.4 is 15.4 Å². The third-order valence-corrected chi connectivity index (χ3v) is 4.23. The standard InChI is InChI=1S/C22H22N4O3/c1-26(15-18-7-5-6-14-23-18)22(28)24-17-12-10-16(11-13-17)21(27)25-19-8-3-4-9-20(19)29-2/h3-14H,15H2,1-2H3,(H,24,28)(H,25,27). The van der Waals surface area contributed by atoms with E-state index in [1.54, 1.807) is 56.8 Å². The fraction of sp³-hybridized carbons (Fsp3) is 0.136. The predicted molar refractivity (Wildman–Crippen MR) is 112 cm³/mol. The van der Waals surface area contributed by atoms with Crippen LogP contribution in [0.3, 0.4) is 0 Å². The summed E-state index contributed by atoms with van der Waals surface area (Å²) in [5.74, 6) is 0.320. The highest BCUT2D eigenvalue weighted by molar-refractivity contribution is 6.05. The fourth-order valence-corrected chi connectivity index (χ4v) is 2.67. The Morgan fingerprint density at radius 3 is 2.38 bits per heavy atom. The number of aromatic nitrogens is 1. The Morgan fingerprint density at radius 2 is 1.69 bits per heavy atom. The smallest absolute Gasteiger partial charge is 0.321 e. The summed E-state index contributed by atoms with van der Waals surface area (Å²) in [7, 11) is 3.24. The number of nitrogens with zero attached hydrogens (tertiary/aromatic N) is 2. The van der Waals surface area contributed by atoms with E-state index < -0.39 is 0 Å². The van der Waals surface area contributed by atoms with Crippen molar-refractivity contribution in [2.75, 3.05) is 24.8 Å². The van der Waals surface area contributed by atoms with E-state index in [4.69, 9.17) is 4.74 Å². The SMILES string of the molecule is COc1ccccc1NC(=O)c1ccc(NC(=O)N(C)Cc2ccccn2)cc1. The number of carbonyl (C=O) groups is 2. The van der Waals surface area contributed by atoms with Gasteiger partial charge in [-0.05, 0) is 48.5 Å². The molecule has 29 heavy (non-hydrogen) atoms. The number of hydrogen-bond donors (Lipinski definition) is 2. The summed E-state index contributed by atoms with van der Waals surface area (Å²) in [4.78, 5) is 30.5.